The largest absolute Gasteiger partial charge is 0.497 e. The molecule has 4 aromatic rings. The third kappa shape index (κ3) is 5.38. The highest BCUT2D eigenvalue weighted by molar-refractivity contribution is 5.99. The summed E-state index contributed by atoms with van der Waals surface area (Å²) in [5, 5.41) is 7.54. The van der Waals surface area contributed by atoms with Gasteiger partial charge in [0.1, 0.15) is 23.9 Å². The summed E-state index contributed by atoms with van der Waals surface area (Å²) >= 11 is 0. The van der Waals surface area contributed by atoms with Crippen LogP contribution in [-0.2, 0) is 4.79 Å². The number of ether oxygens (including phenoxy) is 1. The van der Waals surface area contributed by atoms with Gasteiger partial charge in [0.2, 0.25) is 5.91 Å². The van der Waals surface area contributed by atoms with Gasteiger partial charge >= 0.3 is 0 Å². The number of hydrogen-bond donors (Lipinski definition) is 1. The number of methoxy groups -OCH3 is 1. The number of carbonyl (C=O) groups excluding carboxylic acids is 2. The van der Waals surface area contributed by atoms with Crippen molar-refractivity contribution in [3.8, 4) is 22.7 Å². The molecule has 0 fully saturated rings. The zero-order valence-electron chi connectivity index (χ0n) is 19.4. The lowest BCUT2D eigenvalue weighted by Crippen LogP contribution is -2.38. The van der Waals surface area contributed by atoms with Crippen molar-refractivity contribution in [3.05, 3.63) is 96.3 Å². The summed E-state index contributed by atoms with van der Waals surface area (Å²) in [6, 6.07) is 24.4. The van der Waals surface area contributed by atoms with E-state index in [0.717, 1.165) is 11.3 Å². The second-order valence-corrected chi connectivity index (χ2v) is 7.74. The molecule has 0 aliphatic carbocycles. The van der Waals surface area contributed by atoms with E-state index < -0.39 is 17.6 Å². The first-order valence-electron chi connectivity index (χ1n) is 11.1. The monoisotopic (exact) mass is 472 g/mol. The lowest BCUT2D eigenvalue weighted by Gasteiger charge is -2.20. The predicted molar refractivity (Wildman–Crippen MR) is 132 cm³/mol. The van der Waals surface area contributed by atoms with Crippen LogP contribution in [0.3, 0.4) is 0 Å². The summed E-state index contributed by atoms with van der Waals surface area (Å²) in [5.41, 5.74) is 2.21. The Balaban J connectivity index is 1.60. The number of halogens is 1. The van der Waals surface area contributed by atoms with Crippen molar-refractivity contribution >= 4 is 17.6 Å². The van der Waals surface area contributed by atoms with E-state index in [1.807, 2.05) is 42.5 Å². The fourth-order valence-corrected chi connectivity index (χ4v) is 3.63. The van der Waals surface area contributed by atoms with Crippen LogP contribution in [-0.4, -0.2) is 46.7 Å². The van der Waals surface area contributed by atoms with E-state index in [-0.39, 0.29) is 18.7 Å². The fraction of sp³-hybridized carbons (Fsp3) is 0.148. The molecular weight excluding hydrogens is 447 g/mol. The van der Waals surface area contributed by atoms with Crippen molar-refractivity contribution in [2.24, 2.45) is 0 Å². The van der Waals surface area contributed by atoms with Crippen LogP contribution < -0.4 is 10.1 Å². The van der Waals surface area contributed by atoms with Crippen LogP contribution in [0.15, 0.2) is 84.9 Å². The van der Waals surface area contributed by atoms with Crippen molar-refractivity contribution < 1.29 is 18.7 Å². The normalized spacial score (nSPS) is 10.6. The van der Waals surface area contributed by atoms with Crippen molar-refractivity contribution in [2.45, 2.75) is 6.92 Å². The zero-order chi connectivity index (χ0) is 24.8. The summed E-state index contributed by atoms with van der Waals surface area (Å²) < 4.78 is 21.0. The van der Waals surface area contributed by atoms with E-state index in [4.69, 9.17) is 4.74 Å². The van der Waals surface area contributed by atoms with Gasteiger partial charge in [0.15, 0.2) is 0 Å². The van der Waals surface area contributed by atoms with Crippen LogP contribution >= 0.6 is 0 Å². The summed E-state index contributed by atoms with van der Waals surface area (Å²) in [6.07, 6.45) is 0. The van der Waals surface area contributed by atoms with Gasteiger partial charge in [0, 0.05) is 18.2 Å². The number of likely N-dealkylation sites (N-methyl/N-ethyl adjacent to an activating group) is 1. The minimum absolute atomic E-state index is 0.0724. The van der Waals surface area contributed by atoms with E-state index in [0.29, 0.717) is 17.3 Å². The topological polar surface area (TPSA) is 76.5 Å². The quantitative estimate of drug-likeness (QED) is 0.400. The number of hydrogen-bond acceptors (Lipinski definition) is 4. The van der Waals surface area contributed by atoms with Crippen LogP contribution in [0.1, 0.15) is 17.3 Å². The summed E-state index contributed by atoms with van der Waals surface area (Å²) in [7, 11) is 1.59. The molecule has 1 aromatic heterocycles. The zero-order valence-corrected chi connectivity index (χ0v) is 19.4. The minimum Gasteiger partial charge on any atom is -0.497 e. The highest BCUT2D eigenvalue weighted by Gasteiger charge is 2.21. The molecule has 0 aliphatic heterocycles. The molecule has 0 saturated carbocycles. The maximum Gasteiger partial charge on any atom is 0.257 e. The SMILES string of the molecule is CCN(CC(=O)Nc1cc(-c2ccccc2)nn1-c1ccc(OC)cc1)C(=O)c1ccccc1F. The number of nitrogens with one attached hydrogen (secondary N) is 1. The standard InChI is InChI=1S/C27H25FN4O3/c1-3-31(27(34)22-11-7-8-12-23(22)28)18-26(33)29-25-17-24(19-9-5-4-6-10-19)30-32(25)20-13-15-21(35-2)16-14-20/h4-17H,3,18H2,1-2H3,(H,29,33). The van der Waals surface area contributed by atoms with E-state index in [9.17, 15) is 14.0 Å². The number of amides is 2. The van der Waals surface area contributed by atoms with Crippen molar-refractivity contribution in [3.63, 3.8) is 0 Å². The Morgan fingerprint density at radius 1 is 1.00 bits per heavy atom. The molecule has 0 bridgehead atoms. The molecule has 1 heterocycles. The predicted octanol–water partition coefficient (Wildman–Crippen LogP) is 4.79. The minimum atomic E-state index is -0.624. The third-order valence-electron chi connectivity index (χ3n) is 5.47. The number of anilines is 1. The van der Waals surface area contributed by atoms with Gasteiger partial charge in [-0.2, -0.15) is 5.10 Å². The Morgan fingerprint density at radius 3 is 2.34 bits per heavy atom. The van der Waals surface area contributed by atoms with Crippen LogP contribution in [0.4, 0.5) is 10.2 Å². The van der Waals surface area contributed by atoms with Gasteiger partial charge in [-0.1, -0.05) is 42.5 Å². The van der Waals surface area contributed by atoms with Crippen LogP contribution in [0.25, 0.3) is 16.9 Å². The fourth-order valence-electron chi connectivity index (χ4n) is 3.63. The maximum absolute atomic E-state index is 14.1. The Hall–Kier alpha value is -4.46. The van der Waals surface area contributed by atoms with E-state index in [1.54, 1.807) is 43.0 Å². The summed E-state index contributed by atoms with van der Waals surface area (Å²) in [5.74, 6) is -0.463. The average Bonchev–Trinajstić information content (AvgIpc) is 3.31. The molecule has 0 radical (unpaired) electrons. The van der Waals surface area contributed by atoms with Gasteiger partial charge < -0.3 is 15.0 Å². The number of carbonyl (C=O) groups is 2. The van der Waals surface area contributed by atoms with Gasteiger partial charge in [0.05, 0.1) is 24.1 Å². The van der Waals surface area contributed by atoms with E-state index in [1.165, 1.54) is 23.1 Å². The van der Waals surface area contributed by atoms with E-state index in [2.05, 4.69) is 10.4 Å². The van der Waals surface area contributed by atoms with Gasteiger partial charge in [-0.05, 0) is 43.3 Å². The van der Waals surface area contributed by atoms with Gasteiger partial charge in [0.25, 0.3) is 5.91 Å². The Bertz CT molecular complexity index is 1320. The molecule has 0 atom stereocenters. The van der Waals surface area contributed by atoms with Crippen molar-refractivity contribution in [1.82, 2.24) is 14.7 Å². The molecule has 3 aromatic carbocycles. The van der Waals surface area contributed by atoms with Gasteiger partial charge in [-0.3, -0.25) is 9.59 Å². The second kappa shape index (κ2) is 10.6. The first-order chi connectivity index (χ1) is 17.0. The highest BCUT2D eigenvalue weighted by atomic mass is 19.1. The first-order valence-corrected chi connectivity index (χ1v) is 11.1. The summed E-state index contributed by atoms with van der Waals surface area (Å²) in [6.45, 7) is 1.74. The third-order valence-corrected chi connectivity index (χ3v) is 5.47. The molecule has 0 spiro atoms. The molecule has 0 saturated heterocycles. The molecule has 178 valence electrons. The number of rotatable bonds is 8. The first kappa shape index (κ1) is 23.7. The number of benzene rings is 3. The Labute approximate surface area is 202 Å². The molecular formula is C27H25FN4O3. The number of nitrogens with zero attached hydrogens (tertiary/aromatic N) is 3. The lowest BCUT2D eigenvalue weighted by molar-refractivity contribution is -0.116. The van der Waals surface area contributed by atoms with Gasteiger partial charge in [-0.15, -0.1) is 0 Å². The molecule has 7 nitrogen and oxygen atoms in total. The Morgan fingerprint density at radius 2 is 1.69 bits per heavy atom. The molecule has 1 N–H and O–H groups in total. The second-order valence-electron chi connectivity index (χ2n) is 7.74. The molecule has 2 amide bonds. The molecule has 4 rings (SSSR count). The molecule has 8 heteroatoms. The van der Waals surface area contributed by atoms with Crippen molar-refractivity contribution in [1.29, 1.82) is 0 Å². The highest BCUT2D eigenvalue weighted by Crippen LogP contribution is 2.26. The molecule has 35 heavy (non-hydrogen) atoms. The maximum atomic E-state index is 14.1. The van der Waals surface area contributed by atoms with Crippen LogP contribution in [0.5, 0.6) is 5.75 Å². The molecule has 0 unspecified atom stereocenters. The number of aromatic nitrogens is 2. The van der Waals surface area contributed by atoms with Gasteiger partial charge in [-0.25, -0.2) is 9.07 Å². The van der Waals surface area contributed by atoms with Crippen LogP contribution in [0.2, 0.25) is 0 Å². The summed E-state index contributed by atoms with van der Waals surface area (Å²) in [4.78, 5) is 27.1. The van der Waals surface area contributed by atoms with Crippen LogP contribution in [0, 0.1) is 5.82 Å². The Kier molecular flexibility index (Phi) is 7.21. The average molecular weight is 473 g/mol. The van der Waals surface area contributed by atoms with Crippen molar-refractivity contribution in [2.75, 3.05) is 25.5 Å². The molecule has 0 aliphatic rings. The smallest absolute Gasteiger partial charge is 0.257 e. The van der Waals surface area contributed by atoms with E-state index >= 15 is 0 Å². The lowest BCUT2D eigenvalue weighted by atomic mass is 10.1.